The van der Waals surface area contributed by atoms with E-state index in [1.165, 1.54) is 140 Å². The highest BCUT2D eigenvalue weighted by molar-refractivity contribution is 7.26. The van der Waals surface area contributed by atoms with Crippen molar-refractivity contribution in [3.05, 3.63) is 328 Å². The molecular weight excluding hydrogens is 1380 g/mol. The van der Waals surface area contributed by atoms with Crippen molar-refractivity contribution >= 4 is 205 Å². The quantitative estimate of drug-likeness (QED) is 0.159. The lowest BCUT2D eigenvalue weighted by Crippen LogP contribution is -2.01. The highest BCUT2D eigenvalue weighted by Crippen LogP contribution is 2.52. The molecule has 506 valence electrons. The Balaban J connectivity index is 0.605. The zero-order chi connectivity index (χ0) is 71.3. The minimum atomic E-state index is 0.691. The molecule has 10 heteroatoms. The first-order chi connectivity index (χ1) is 54.5. The van der Waals surface area contributed by atoms with Crippen LogP contribution in [0.15, 0.2) is 328 Å². The second-order valence-electron chi connectivity index (χ2n) is 29.5. The fourth-order valence-electron chi connectivity index (χ4n) is 18.9. The van der Waals surface area contributed by atoms with E-state index in [0.29, 0.717) is 11.6 Å². The third-order valence-corrected chi connectivity index (χ3v) is 26.1. The third kappa shape index (κ3) is 8.01. The second-order valence-corrected chi connectivity index (χ2v) is 31.6. The van der Waals surface area contributed by atoms with Crippen LogP contribution in [0.3, 0.4) is 0 Å². The molecule has 0 radical (unpaired) electrons. The number of thiophene rings is 2. The molecular formula is C100H54N8S2. The van der Waals surface area contributed by atoms with E-state index in [4.69, 9.17) is 19.9 Å². The Kier molecular flexibility index (Phi) is 11.7. The van der Waals surface area contributed by atoms with Gasteiger partial charge in [-0.1, -0.05) is 218 Å². The number of hydrogen-bond acceptors (Lipinski definition) is 6. The van der Waals surface area contributed by atoms with Crippen LogP contribution < -0.4 is 0 Å². The molecule has 0 aliphatic carbocycles. The fraction of sp³-hybridized carbons (Fsp3) is 0. The molecule has 0 saturated heterocycles. The minimum Gasteiger partial charge on any atom is -0.309 e. The van der Waals surface area contributed by atoms with Gasteiger partial charge in [-0.15, -0.1) is 22.7 Å². The van der Waals surface area contributed by atoms with Gasteiger partial charge in [0.25, 0.3) is 0 Å². The lowest BCUT2D eigenvalue weighted by molar-refractivity contribution is 1.08. The van der Waals surface area contributed by atoms with E-state index in [1.54, 1.807) is 22.7 Å². The van der Waals surface area contributed by atoms with Crippen LogP contribution in [0.2, 0.25) is 0 Å². The summed E-state index contributed by atoms with van der Waals surface area (Å²) in [7, 11) is 0. The van der Waals surface area contributed by atoms with Gasteiger partial charge >= 0.3 is 0 Å². The second kappa shape index (κ2) is 21.8. The number of rotatable bonds is 7. The Morgan fingerprint density at radius 1 is 0.227 bits per heavy atom. The molecule has 110 heavy (non-hydrogen) atoms. The van der Waals surface area contributed by atoms with Crippen LogP contribution in [0.4, 0.5) is 0 Å². The minimum absolute atomic E-state index is 0.691. The van der Waals surface area contributed by atoms with Crippen LogP contribution in [0.5, 0.6) is 0 Å². The predicted octanol–water partition coefficient (Wildman–Crippen LogP) is 27.1. The summed E-state index contributed by atoms with van der Waals surface area (Å²) >= 11 is 3.53. The third-order valence-electron chi connectivity index (χ3n) is 23.8. The zero-order valence-corrected chi connectivity index (χ0v) is 60.2. The summed E-state index contributed by atoms with van der Waals surface area (Å²) in [5.41, 5.74) is 23.3. The maximum atomic E-state index is 5.63. The van der Waals surface area contributed by atoms with E-state index in [0.717, 1.165) is 98.4 Å². The molecule has 0 fully saturated rings. The van der Waals surface area contributed by atoms with E-state index >= 15 is 0 Å². The topological polar surface area (TPSA) is 70.2 Å². The Hall–Kier alpha value is -14.2. The predicted molar refractivity (Wildman–Crippen MR) is 464 cm³/mol. The number of fused-ring (bicyclic) bond motifs is 28. The first-order valence-electron chi connectivity index (χ1n) is 37.4. The maximum Gasteiger partial charge on any atom is 0.162 e. The van der Waals surface area contributed by atoms with E-state index in [-0.39, 0.29) is 0 Å². The Bertz CT molecular complexity index is 8530. The van der Waals surface area contributed by atoms with Crippen molar-refractivity contribution in [3.63, 3.8) is 0 Å². The van der Waals surface area contributed by atoms with Gasteiger partial charge in [0.05, 0.1) is 81.3 Å². The van der Waals surface area contributed by atoms with Crippen molar-refractivity contribution in [3.8, 4) is 67.8 Å². The molecule has 0 spiro atoms. The van der Waals surface area contributed by atoms with E-state index in [9.17, 15) is 0 Å². The molecule has 0 aliphatic heterocycles. The average molecular weight is 1430 g/mol. The van der Waals surface area contributed by atoms with Crippen LogP contribution in [0, 0.1) is 0 Å². The lowest BCUT2D eigenvalue weighted by atomic mass is 9.96. The van der Waals surface area contributed by atoms with Crippen molar-refractivity contribution in [2.24, 2.45) is 0 Å². The first-order valence-corrected chi connectivity index (χ1v) is 39.0. The summed E-state index contributed by atoms with van der Waals surface area (Å²) < 4.78 is 14.5. The molecule has 0 saturated carbocycles. The molecule has 0 aliphatic rings. The van der Waals surface area contributed by atoms with Gasteiger partial charge < -0.3 is 13.4 Å². The average Bonchev–Trinajstić information content (AvgIpc) is 1.52. The smallest absolute Gasteiger partial charge is 0.162 e. The molecule has 10 heterocycles. The summed E-state index contributed by atoms with van der Waals surface area (Å²) in [5, 5.41) is 22.0. The van der Waals surface area contributed by atoms with Crippen molar-refractivity contribution in [2.75, 3.05) is 0 Å². The summed E-state index contributed by atoms with van der Waals surface area (Å²) in [5.74, 6) is 2.28. The Morgan fingerprint density at radius 2 is 0.664 bits per heavy atom. The molecule has 0 bridgehead atoms. The molecule has 16 aromatic carbocycles. The fourth-order valence-corrected chi connectivity index (χ4v) is 21.2. The van der Waals surface area contributed by atoms with Crippen molar-refractivity contribution in [1.82, 2.24) is 37.9 Å². The van der Waals surface area contributed by atoms with E-state index < -0.39 is 0 Å². The SMILES string of the molecule is c1ccc(-c2nc(-n3c4ccccc4c4c5c6cc(-c7cccc(-c8ccc(-c9nc(-c%10ccc(-n%11c%12ccccc%12c%12c%13c%14ccccc%14n%14c%15cc%16ccccc%16cc%15c(cc%12%11)c%13%14)cc%10)nc%10c9sc9ccccc9%10)cc8)c7)ccc6n6c7cc8ccccc8cc7c(cc43)c56)c3sc4ccccc4c3n2)cc1. The van der Waals surface area contributed by atoms with Gasteiger partial charge in [-0.3, -0.25) is 4.57 Å². The van der Waals surface area contributed by atoms with Crippen LogP contribution in [-0.2, 0) is 0 Å². The van der Waals surface area contributed by atoms with Crippen molar-refractivity contribution < 1.29 is 0 Å². The molecule has 8 nitrogen and oxygen atoms in total. The maximum absolute atomic E-state index is 5.63. The number of aromatic nitrogens is 8. The molecule has 0 amide bonds. The Labute approximate surface area is 633 Å². The van der Waals surface area contributed by atoms with Crippen molar-refractivity contribution in [2.45, 2.75) is 0 Å². The number of hydrogen-bond donors (Lipinski definition) is 0. The van der Waals surface area contributed by atoms with Gasteiger partial charge in [-0.25, -0.2) is 19.9 Å². The van der Waals surface area contributed by atoms with Crippen LogP contribution in [0.1, 0.15) is 0 Å². The molecule has 0 atom stereocenters. The van der Waals surface area contributed by atoms with Crippen LogP contribution in [-0.4, -0.2) is 37.9 Å². The van der Waals surface area contributed by atoms with E-state index in [2.05, 4.69) is 346 Å². The van der Waals surface area contributed by atoms with Crippen LogP contribution >= 0.6 is 22.7 Å². The largest absolute Gasteiger partial charge is 0.309 e. The monoisotopic (exact) mass is 1430 g/mol. The van der Waals surface area contributed by atoms with E-state index in [1.807, 2.05) is 0 Å². The summed E-state index contributed by atoms with van der Waals surface area (Å²) in [6.07, 6.45) is 0. The molecule has 0 unspecified atom stereocenters. The zero-order valence-electron chi connectivity index (χ0n) is 58.6. The van der Waals surface area contributed by atoms with Crippen LogP contribution in [0.25, 0.3) is 250 Å². The summed E-state index contributed by atoms with van der Waals surface area (Å²) in [6.45, 7) is 0. The highest BCUT2D eigenvalue weighted by Gasteiger charge is 2.30. The van der Waals surface area contributed by atoms with Crippen molar-refractivity contribution in [1.29, 1.82) is 0 Å². The van der Waals surface area contributed by atoms with Gasteiger partial charge in [-0.05, 0) is 153 Å². The summed E-state index contributed by atoms with van der Waals surface area (Å²) in [6, 6.07) is 121. The Morgan fingerprint density at radius 3 is 1.30 bits per heavy atom. The van der Waals surface area contributed by atoms with Gasteiger partial charge in [-0.2, -0.15) is 0 Å². The van der Waals surface area contributed by atoms with Gasteiger partial charge in [0.2, 0.25) is 0 Å². The number of nitrogens with zero attached hydrogens (tertiary/aromatic N) is 8. The molecule has 0 N–H and O–H groups in total. The lowest BCUT2D eigenvalue weighted by Gasteiger charge is -2.11. The summed E-state index contributed by atoms with van der Waals surface area (Å²) in [4.78, 5) is 22.0. The molecule has 26 rings (SSSR count). The molecule has 26 aromatic rings. The molecule has 10 aromatic heterocycles. The number of benzene rings is 16. The standard InChI is InChI=1S/C100H54N8S2/c1-2-19-57(20-3-1)99-103-93-71-31-12-17-36-86(71)110-97(93)100(104-99)108-79-34-15-9-28-68(79)88-84(108)54-75-73-49-62-22-5-7-24-64(62)52-82(73)107-80-46-43-65(50-76(80)90(88)95(75)107)60-26-18-25-59(47-60)55-37-39-56(40-38-55)91-96-92(70-30-11-16-35-85(70)109-96)102-98(101-91)58-41-44-66(45-42-58)105-77-32-13-8-27-67(77)87-83(105)53-74-72-48-61-21-4-6-23-63(61)51-81(72)106-78-33-14-10-29-69(78)89(87)94(74)106/h1-54H. The first kappa shape index (κ1) is 59.0. The highest BCUT2D eigenvalue weighted by atomic mass is 32.1. The van der Waals surface area contributed by atoms with Gasteiger partial charge in [0, 0.05) is 107 Å². The van der Waals surface area contributed by atoms with Gasteiger partial charge in [0.1, 0.15) is 0 Å². The normalized spacial score (nSPS) is 12.5. The number of para-hydroxylation sites is 3. The van der Waals surface area contributed by atoms with Gasteiger partial charge in [0.15, 0.2) is 17.5 Å².